The van der Waals surface area contributed by atoms with Crippen LogP contribution in [0.15, 0.2) is 16.7 Å². The third-order valence-electron chi connectivity index (χ3n) is 2.35. The van der Waals surface area contributed by atoms with E-state index < -0.39 is 17.2 Å². The first kappa shape index (κ1) is 14.6. The summed E-state index contributed by atoms with van der Waals surface area (Å²) in [6, 6.07) is 4.16. The lowest BCUT2D eigenvalue weighted by Gasteiger charge is -2.08. The molecule has 10 heteroatoms. The second-order valence-electron chi connectivity index (χ2n) is 3.57. The minimum absolute atomic E-state index is 0.00384. The van der Waals surface area contributed by atoms with Crippen LogP contribution < -0.4 is 5.32 Å². The van der Waals surface area contributed by atoms with Gasteiger partial charge in [0, 0.05) is 10.7 Å². The average Bonchev–Trinajstić information content (AvgIpc) is 2.96. The molecule has 1 aromatic carbocycles. The van der Waals surface area contributed by atoms with Crippen molar-refractivity contribution in [3.63, 3.8) is 0 Å². The zero-order valence-corrected chi connectivity index (χ0v) is 11.6. The van der Waals surface area contributed by atoms with E-state index in [1.54, 1.807) is 6.07 Å². The highest BCUT2D eigenvalue weighted by atomic mass is 79.9. The summed E-state index contributed by atoms with van der Waals surface area (Å²) >= 11 is 2.97. The van der Waals surface area contributed by atoms with Crippen molar-refractivity contribution in [1.82, 2.24) is 20.6 Å². The van der Waals surface area contributed by atoms with Gasteiger partial charge in [-0.05, 0) is 27.2 Å². The number of nitriles is 2. The van der Waals surface area contributed by atoms with Crippen LogP contribution in [0.5, 0.6) is 0 Å². The Balaban J connectivity index is 2.41. The van der Waals surface area contributed by atoms with Gasteiger partial charge in [-0.15, -0.1) is 10.2 Å². The van der Waals surface area contributed by atoms with E-state index in [0.29, 0.717) is 0 Å². The first-order chi connectivity index (χ1) is 10.1. The van der Waals surface area contributed by atoms with Crippen LogP contribution in [0.25, 0.3) is 5.57 Å². The lowest BCUT2D eigenvalue weighted by atomic mass is 10.2. The van der Waals surface area contributed by atoms with Gasteiger partial charge in [0.1, 0.15) is 29.1 Å². The quantitative estimate of drug-likeness (QED) is 0.818. The van der Waals surface area contributed by atoms with Gasteiger partial charge in [0.25, 0.3) is 0 Å². The van der Waals surface area contributed by atoms with E-state index >= 15 is 0 Å². The number of benzene rings is 1. The molecule has 0 aliphatic heterocycles. The number of hydrogen-bond donors (Lipinski definition) is 2. The molecule has 0 aliphatic carbocycles. The Hall–Kier alpha value is -2.85. The standard InChI is InChI=1S/C11H4BrF2N7/c12-7-1-8(13)6(3-16)9(14)10(7)17-4-5(2-15)11-18-20-21-19-11/h1,4,17H,(H,18,19,20,21). The van der Waals surface area contributed by atoms with E-state index in [2.05, 4.69) is 41.9 Å². The van der Waals surface area contributed by atoms with Crippen LogP contribution in [-0.2, 0) is 0 Å². The zero-order chi connectivity index (χ0) is 15.4. The van der Waals surface area contributed by atoms with Crippen LogP contribution in [0.2, 0.25) is 0 Å². The number of hydrogen-bond acceptors (Lipinski definition) is 6. The average molecular weight is 352 g/mol. The van der Waals surface area contributed by atoms with Crippen LogP contribution in [0.4, 0.5) is 14.5 Å². The molecule has 0 unspecified atom stereocenters. The number of rotatable bonds is 3. The fourth-order valence-electron chi connectivity index (χ4n) is 1.39. The first-order valence-corrected chi connectivity index (χ1v) is 6.06. The second kappa shape index (κ2) is 6.07. The molecule has 2 rings (SSSR count). The number of allylic oxidation sites excluding steroid dienone is 1. The van der Waals surface area contributed by atoms with Gasteiger partial charge in [-0.2, -0.15) is 15.7 Å². The summed E-state index contributed by atoms with van der Waals surface area (Å²) in [6.45, 7) is 0. The van der Waals surface area contributed by atoms with Gasteiger partial charge in [-0.3, -0.25) is 0 Å². The number of anilines is 1. The van der Waals surface area contributed by atoms with Crippen molar-refractivity contribution in [3.05, 3.63) is 39.8 Å². The van der Waals surface area contributed by atoms with Crippen molar-refractivity contribution in [2.75, 3.05) is 5.32 Å². The smallest absolute Gasteiger partial charge is 0.216 e. The van der Waals surface area contributed by atoms with Crippen molar-refractivity contribution in [3.8, 4) is 12.1 Å². The highest BCUT2D eigenvalue weighted by Crippen LogP contribution is 2.30. The fourth-order valence-corrected chi connectivity index (χ4v) is 1.88. The van der Waals surface area contributed by atoms with Crippen molar-refractivity contribution < 1.29 is 8.78 Å². The summed E-state index contributed by atoms with van der Waals surface area (Å²) < 4.78 is 27.4. The number of nitrogens with zero attached hydrogens (tertiary/aromatic N) is 5. The maximum absolute atomic E-state index is 14.0. The minimum Gasteiger partial charge on any atom is -0.357 e. The van der Waals surface area contributed by atoms with Crippen LogP contribution in [0.1, 0.15) is 11.4 Å². The van der Waals surface area contributed by atoms with Gasteiger partial charge in [0.15, 0.2) is 5.82 Å². The lowest BCUT2D eigenvalue weighted by molar-refractivity contribution is 0.578. The van der Waals surface area contributed by atoms with E-state index in [1.165, 1.54) is 6.07 Å². The number of aromatic amines is 1. The molecule has 0 saturated heterocycles. The van der Waals surface area contributed by atoms with Crippen LogP contribution in [0.3, 0.4) is 0 Å². The molecule has 0 amide bonds. The molecule has 21 heavy (non-hydrogen) atoms. The summed E-state index contributed by atoms with van der Waals surface area (Å²) in [5.41, 5.74) is -0.950. The van der Waals surface area contributed by atoms with E-state index in [1.807, 2.05) is 0 Å². The molecule has 0 fully saturated rings. The normalized spacial score (nSPS) is 10.8. The third-order valence-corrected chi connectivity index (χ3v) is 2.97. The number of halogens is 3. The molecule has 0 aliphatic rings. The minimum atomic E-state index is -1.08. The number of aromatic nitrogens is 4. The molecule has 1 heterocycles. The van der Waals surface area contributed by atoms with E-state index in [9.17, 15) is 8.78 Å². The van der Waals surface area contributed by atoms with Crippen molar-refractivity contribution in [2.45, 2.75) is 0 Å². The summed E-state index contributed by atoms with van der Waals surface area (Å²) in [4.78, 5) is 0. The Morgan fingerprint density at radius 1 is 1.43 bits per heavy atom. The van der Waals surface area contributed by atoms with Gasteiger partial charge in [0.05, 0.1) is 5.69 Å². The highest BCUT2D eigenvalue weighted by molar-refractivity contribution is 9.10. The molecule has 0 bridgehead atoms. The first-order valence-electron chi connectivity index (χ1n) is 5.26. The molecule has 7 nitrogen and oxygen atoms in total. The SMILES string of the molecule is N#CC(=CNc1c(Br)cc(F)c(C#N)c1F)c1nn[nH]n1. The molecule has 2 N–H and O–H groups in total. The van der Waals surface area contributed by atoms with Gasteiger partial charge >= 0.3 is 0 Å². The number of tetrazole rings is 1. The van der Waals surface area contributed by atoms with Crippen molar-refractivity contribution in [1.29, 1.82) is 10.5 Å². The Morgan fingerprint density at radius 2 is 2.19 bits per heavy atom. The Kier molecular flexibility index (Phi) is 4.21. The molecule has 0 spiro atoms. The number of nitrogens with one attached hydrogen (secondary N) is 2. The van der Waals surface area contributed by atoms with Crippen molar-refractivity contribution in [2.24, 2.45) is 0 Å². The monoisotopic (exact) mass is 351 g/mol. The van der Waals surface area contributed by atoms with Gasteiger partial charge in [0.2, 0.25) is 5.82 Å². The molecule has 0 radical (unpaired) electrons. The summed E-state index contributed by atoms with van der Waals surface area (Å²) in [5, 5.41) is 32.8. The Morgan fingerprint density at radius 3 is 2.76 bits per heavy atom. The molecule has 0 saturated carbocycles. The lowest BCUT2D eigenvalue weighted by Crippen LogP contribution is -2.00. The molecule has 104 valence electrons. The molecule has 2 aromatic rings. The predicted molar refractivity (Wildman–Crippen MR) is 70.2 cm³/mol. The molecular weight excluding hydrogens is 348 g/mol. The predicted octanol–water partition coefficient (Wildman–Crippen LogP) is 2.09. The van der Waals surface area contributed by atoms with Gasteiger partial charge in [-0.1, -0.05) is 0 Å². The van der Waals surface area contributed by atoms with E-state index in [-0.39, 0.29) is 21.6 Å². The number of H-pyrrole nitrogens is 1. The maximum Gasteiger partial charge on any atom is 0.216 e. The van der Waals surface area contributed by atoms with Crippen LogP contribution in [-0.4, -0.2) is 20.6 Å². The molecular formula is C11H4BrF2N7. The molecule has 0 atom stereocenters. The topological polar surface area (TPSA) is 114 Å². The third kappa shape index (κ3) is 2.85. The Labute approximate surface area is 125 Å². The van der Waals surface area contributed by atoms with Crippen LogP contribution in [0, 0.1) is 34.3 Å². The van der Waals surface area contributed by atoms with Crippen LogP contribution >= 0.6 is 15.9 Å². The highest BCUT2D eigenvalue weighted by Gasteiger charge is 2.17. The summed E-state index contributed by atoms with van der Waals surface area (Å²) in [7, 11) is 0. The van der Waals surface area contributed by atoms with Gasteiger partial charge in [-0.25, -0.2) is 8.78 Å². The summed E-state index contributed by atoms with van der Waals surface area (Å²) in [5.74, 6) is -2.06. The van der Waals surface area contributed by atoms with Gasteiger partial charge < -0.3 is 5.32 Å². The maximum atomic E-state index is 14.0. The Bertz CT molecular complexity index is 786. The summed E-state index contributed by atoms with van der Waals surface area (Å²) in [6.07, 6.45) is 1.12. The van der Waals surface area contributed by atoms with Crippen molar-refractivity contribution >= 4 is 27.2 Å². The van der Waals surface area contributed by atoms with E-state index in [0.717, 1.165) is 12.3 Å². The zero-order valence-electron chi connectivity index (χ0n) is 10.0. The largest absolute Gasteiger partial charge is 0.357 e. The fraction of sp³-hybridized carbons (Fsp3) is 0. The molecule has 1 aromatic heterocycles. The van der Waals surface area contributed by atoms with E-state index in [4.69, 9.17) is 10.5 Å². The second-order valence-corrected chi connectivity index (χ2v) is 4.42.